The van der Waals surface area contributed by atoms with Gasteiger partial charge in [-0.05, 0) is 23.6 Å². The smallest absolute Gasteiger partial charge is 0.305 e. The fourth-order valence-electron chi connectivity index (χ4n) is 1.69. The third-order valence-electron chi connectivity index (χ3n) is 2.74. The number of nitrogens with two attached hydrogens (primary N) is 1. The van der Waals surface area contributed by atoms with Crippen LogP contribution in [0.2, 0.25) is 0 Å². The Labute approximate surface area is 141 Å². The van der Waals surface area contributed by atoms with E-state index in [1.54, 1.807) is 39.0 Å². The summed E-state index contributed by atoms with van der Waals surface area (Å²) in [7, 11) is -4.57. The van der Waals surface area contributed by atoms with Crippen molar-refractivity contribution in [3.05, 3.63) is 41.5 Å². The second kappa shape index (κ2) is 7.59. The van der Waals surface area contributed by atoms with Gasteiger partial charge in [0.2, 0.25) is 5.09 Å². The van der Waals surface area contributed by atoms with E-state index < -0.39 is 43.9 Å². The van der Waals surface area contributed by atoms with E-state index in [0.717, 1.165) is 0 Å². The number of rotatable bonds is 6. The van der Waals surface area contributed by atoms with Crippen molar-refractivity contribution in [2.75, 3.05) is 0 Å². The second-order valence-corrected chi connectivity index (χ2v) is 8.08. The monoisotopic (exact) mass is 355 g/mol. The van der Waals surface area contributed by atoms with Crippen LogP contribution in [-0.2, 0) is 19.4 Å². The van der Waals surface area contributed by atoms with Crippen molar-refractivity contribution >= 4 is 20.9 Å². The van der Waals surface area contributed by atoms with E-state index in [1.165, 1.54) is 18.2 Å². The lowest BCUT2D eigenvalue weighted by Gasteiger charge is -2.18. The number of para-hydroxylation sites is 1. The van der Waals surface area contributed by atoms with Crippen LogP contribution in [0.15, 0.2) is 41.5 Å². The summed E-state index contributed by atoms with van der Waals surface area (Å²) in [4.78, 5) is 22.8. The molecule has 0 saturated heterocycles. The lowest BCUT2D eigenvalue weighted by atomic mass is 9.97. The highest BCUT2D eigenvalue weighted by Crippen LogP contribution is 2.25. The number of carbonyl (C=O) groups is 2. The molecule has 0 aromatic heterocycles. The van der Waals surface area contributed by atoms with E-state index in [0.29, 0.717) is 0 Å². The molecule has 0 fully saturated rings. The van der Waals surface area contributed by atoms with Crippen LogP contribution in [0.4, 0.5) is 0 Å². The molecule has 0 amide bonds. The zero-order valence-corrected chi connectivity index (χ0v) is 14.5. The zero-order chi connectivity index (χ0) is 18.5. The first-order chi connectivity index (χ1) is 10.9. The SMILES string of the molecule is CC(C)(C)C=C(Oc1ccccc1)S(=O)(=O)C(=O)[C@@H](N)CC(=O)O. The largest absolute Gasteiger partial charge is 0.481 e. The van der Waals surface area contributed by atoms with Crippen molar-refractivity contribution in [2.24, 2.45) is 11.1 Å². The molecule has 3 N–H and O–H groups in total. The number of benzene rings is 1. The Bertz CT molecular complexity index is 732. The average Bonchev–Trinajstić information content (AvgIpc) is 2.44. The molecule has 0 unspecified atom stereocenters. The first-order valence-corrected chi connectivity index (χ1v) is 8.64. The molecule has 7 nitrogen and oxygen atoms in total. The Morgan fingerprint density at radius 1 is 1.25 bits per heavy atom. The summed E-state index contributed by atoms with van der Waals surface area (Å²) in [6.45, 7) is 5.20. The minimum absolute atomic E-state index is 0.233. The summed E-state index contributed by atoms with van der Waals surface area (Å²) in [5.74, 6) is -1.13. The number of allylic oxidation sites excluding steroid dienone is 1. The van der Waals surface area contributed by atoms with Crippen molar-refractivity contribution in [1.29, 1.82) is 0 Å². The van der Waals surface area contributed by atoms with Gasteiger partial charge >= 0.3 is 5.97 Å². The van der Waals surface area contributed by atoms with E-state index in [9.17, 15) is 18.0 Å². The van der Waals surface area contributed by atoms with Gasteiger partial charge in [0.25, 0.3) is 15.0 Å². The lowest BCUT2D eigenvalue weighted by molar-refractivity contribution is -0.138. The second-order valence-electron chi connectivity index (χ2n) is 6.27. The van der Waals surface area contributed by atoms with Crippen molar-refractivity contribution in [2.45, 2.75) is 33.2 Å². The van der Waals surface area contributed by atoms with E-state index in [1.807, 2.05) is 0 Å². The summed E-state index contributed by atoms with van der Waals surface area (Å²) in [5, 5.41) is 6.73. The molecule has 1 atom stereocenters. The molecule has 0 aliphatic rings. The fourth-order valence-corrected chi connectivity index (χ4v) is 3.08. The molecule has 1 rings (SSSR count). The topological polar surface area (TPSA) is 124 Å². The first-order valence-electron chi connectivity index (χ1n) is 7.15. The van der Waals surface area contributed by atoms with Gasteiger partial charge in [0.1, 0.15) is 5.75 Å². The summed E-state index contributed by atoms with van der Waals surface area (Å²) >= 11 is 0. The van der Waals surface area contributed by atoms with Gasteiger partial charge in [-0.3, -0.25) is 9.59 Å². The molecule has 0 radical (unpaired) electrons. The summed E-state index contributed by atoms with van der Waals surface area (Å²) < 4.78 is 30.4. The number of carbonyl (C=O) groups excluding carboxylic acids is 1. The van der Waals surface area contributed by atoms with Crippen LogP contribution >= 0.6 is 0 Å². The van der Waals surface area contributed by atoms with E-state index in [-0.39, 0.29) is 5.75 Å². The van der Waals surface area contributed by atoms with E-state index >= 15 is 0 Å². The van der Waals surface area contributed by atoms with E-state index in [2.05, 4.69) is 0 Å². The summed E-state index contributed by atoms with van der Waals surface area (Å²) in [6.07, 6.45) is 0.507. The molecule has 0 heterocycles. The highest BCUT2D eigenvalue weighted by atomic mass is 32.2. The third-order valence-corrected chi connectivity index (χ3v) is 4.30. The molecular weight excluding hydrogens is 334 g/mol. The van der Waals surface area contributed by atoms with Gasteiger partial charge in [-0.25, -0.2) is 8.42 Å². The number of sulfone groups is 1. The molecule has 132 valence electrons. The molecule has 0 aliphatic carbocycles. The number of hydrogen-bond donors (Lipinski definition) is 2. The number of hydrogen-bond acceptors (Lipinski definition) is 6. The van der Waals surface area contributed by atoms with Crippen molar-refractivity contribution in [3.63, 3.8) is 0 Å². The Morgan fingerprint density at radius 3 is 2.25 bits per heavy atom. The Balaban J connectivity index is 3.25. The number of aliphatic carboxylic acids is 1. The van der Waals surface area contributed by atoms with Crippen LogP contribution in [0, 0.1) is 5.41 Å². The van der Waals surface area contributed by atoms with Crippen molar-refractivity contribution in [3.8, 4) is 5.75 Å². The maximum absolute atomic E-state index is 12.5. The average molecular weight is 355 g/mol. The minimum atomic E-state index is -4.57. The van der Waals surface area contributed by atoms with Gasteiger partial charge < -0.3 is 15.6 Å². The molecule has 1 aromatic rings. The zero-order valence-electron chi connectivity index (χ0n) is 13.7. The van der Waals surface area contributed by atoms with Crippen LogP contribution < -0.4 is 10.5 Å². The standard InChI is InChI=1S/C16H21NO6S/c1-16(2,3)10-14(23-11-7-5-4-6-8-11)24(21,22)15(20)12(17)9-13(18)19/h4-8,10,12H,9,17H2,1-3H3,(H,18,19)/t12-/m0/s1. The highest BCUT2D eigenvalue weighted by molar-refractivity contribution is 8.09. The van der Waals surface area contributed by atoms with Crippen molar-refractivity contribution in [1.82, 2.24) is 0 Å². The van der Waals surface area contributed by atoms with Crippen molar-refractivity contribution < 1.29 is 27.9 Å². The van der Waals surface area contributed by atoms with E-state index in [4.69, 9.17) is 15.6 Å². The van der Waals surface area contributed by atoms with Gasteiger partial charge in [-0.2, -0.15) is 0 Å². The quantitative estimate of drug-likeness (QED) is 0.744. The molecule has 1 aromatic carbocycles. The summed E-state index contributed by atoms with van der Waals surface area (Å²) in [6, 6.07) is 6.42. The normalized spacial score (nSPS) is 14.1. The number of carboxylic acid groups (broad SMARTS) is 1. The molecule has 0 spiro atoms. The molecule has 0 bridgehead atoms. The van der Waals surface area contributed by atoms with Gasteiger partial charge in [-0.1, -0.05) is 39.0 Å². The van der Waals surface area contributed by atoms with Crippen LogP contribution in [0.5, 0.6) is 5.75 Å². The maximum Gasteiger partial charge on any atom is 0.305 e. The highest BCUT2D eigenvalue weighted by Gasteiger charge is 2.36. The fraction of sp³-hybridized carbons (Fsp3) is 0.375. The Morgan fingerprint density at radius 2 is 1.79 bits per heavy atom. The maximum atomic E-state index is 12.5. The predicted molar refractivity (Wildman–Crippen MR) is 88.8 cm³/mol. The lowest BCUT2D eigenvalue weighted by Crippen LogP contribution is -2.39. The van der Waals surface area contributed by atoms with Gasteiger partial charge in [0.05, 0.1) is 12.5 Å². The number of carboxylic acids is 1. The predicted octanol–water partition coefficient (Wildman–Crippen LogP) is 1.70. The van der Waals surface area contributed by atoms with Crippen LogP contribution in [-0.4, -0.2) is 30.7 Å². The molecular formula is C16H21NO6S. The molecule has 8 heteroatoms. The summed E-state index contributed by atoms with van der Waals surface area (Å²) in [5.41, 5.74) is 4.80. The van der Waals surface area contributed by atoms with Gasteiger partial charge in [0, 0.05) is 0 Å². The van der Waals surface area contributed by atoms with Gasteiger partial charge in [0.15, 0.2) is 0 Å². The minimum Gasteiger partial charge on any atom is -0.481 e. The van der Waals surface area contributed by atoms with Crippen LogP contribution in [0.25, 0.3) is 0 Å². The van der Waals surface area contributed by atoms with Crippen LogP contribution in [0.3, 0.4) is 0 Å². The molecule has 0 saturated carbocycles. The Kier molecular flexibility index (Phi) is 6.28. The number of ether oxygens (including phenoxy) is 1. The van der Waals surface area contributed by atoms with Crippen LogP contribution in [0.1, 0.15) is 27.2 Å². The Hall–Kier alpha value is -2.19. The third kappa shape index (κ3) is 5.78. The van der Waals surface area contributed by atoms with Gasteiger partial charge in [-0.15, -0.1) is 0 Å². The first kappa shape index (κ1) is 19.9. The molecule has 0 aliphatic heterocycles. The molecule has 24 heavy (non-hydrogen) atoms.